The first-order valence-electron chi connectivity index (χ1n) is 11.8. The highest BCUT2D eigenvalue weighted by atomic mass is 19.2. The van der Waals surface area contributed by atoms with Crippen LogP contribution in [-0.2, 0) is 14.1 Å². The maximum absolute atomic E-state index is 13.8. The average Bonchev–Trinajstić information content (AvgIpc) is 3.10. The molecule has 5 rings (SSSR count). The second-order valence-electron chi connectivity index (χ2n) is 10.9. The van der Waals surface area contributed by atoms with Crippen LogP contribution >= 0.6 is 0 Å². The Hall–Kier alpha value is -2.00. The minimum absolute atomic E-state index is 0.00138. The van der Waals surface area contributed by atoms with E-state index in [1.54, 1.807) is 0 Å². The van der Waals surface area contributed by atoms with Crippen LogP contribution in [0.4, 0.5) is 8.78 Å². The summed E-state index contributed by atoms with van der Waals surface area (Å²) < 4.78 is 40.1. The summed E-state index contributed by atoms with van der Waals surface area (Å²) in [6, 6.07) is 3.34. The topological polar surface area (TPSA) is 76.7 Å². The van der Waals surface area contributed by atoms with Crippen molar-refractivity contribution in [2.75, 3.05) is 6.54 Å². The van der Waals surface area contributed by atoms with Gasteiger partial charge in [-0.25, -0.2) is 8.78 Å². The van der Waals surface area contributed by atoms with Crippen molar-refractivity contribution >= 4 is 18.9 Å². The largest absolute Gasteiger partial charge is 0.481 e. The van der Waals surface area contributed by atoms with Gasteiger partial charge in [-0.05, 0) is 61.5 Å². The van der Waals surface area contributed by atoms with E-state index in [0.29, 0.717) is 18.3 Å². The van der Waals surface area contributed by atoms with Crippen molar-refractivity contribution in [1.29, 1.82) is 0 Å². The summed E-state index contributed by atoms with van der Waals surface area (Å²) in [5.74, 6) is -2.72. The van der Waals surface area contributed by atoms with Gasteiger partial charge >= 0.3 is 7.12 Å². The van der Waals surface area contributed by atoms with E-state index in [0.717, 1.165) is 18.9 Å². The Kier molecular flexibility index (Phi) is 6.33. The molecule has 33 heavy (non-hydrogen) atoms. The molecule has 2 amide bonds. The molecule has 4 aliphatic rings. The number of carbonyl (C=O) groups excluding carboxylic acids is 2. The molecule has 1 aliphatic heterocycles. The van der Waals surface area contributed by atoms with Crippen LogP contribution in [0.25, 0.3) is 0 Å². The fourth-order valence-electron chi connectivity index (χ4n) is 6.01. The highest BCUT2D eigenvalue weighted by Gasteiger charge is 2.68. The Labute approximate surface area is 194 Å². The van der Waals surface area contributed by atoms with Crippen LogP contribution in [0.2, 0.25) is 0 Å². The molecule has 0 spiro atoms. The number of amides is 2. The Morgan fingerprint density at radius 2 is 1.94 bits per heavy atom. The van der Waals surface area contributed by atoms with Crippen molar-refractivity contribution in [1.82, 2.24) is 10.6 Å². The van der Waals surface area contributed by atoms with Gasteiger partial charge in [0, 0.05) is 0 Å². The number of carbonyl (C=O) groups is 2. The minimum atomic E-state index is -1.24. The van der Waals surface area contributed by atoms with Gasteiger partial charge in [0.15, 0.2) is 11.6 Å². The summed E-state index contributed by atoms with van der Waals surface area (Å²) in [5, 5.41) is 5.29. The highest BCUT2D eigenvalue weighted by Crippen LogP contribution is 2.65. The molecule has 0 aromatic heterocycles. The fraction of sp³-hybridized carbons (Fsp3) is 0.667. The van der Waals surface area contributed by atoms with E-state index in [-0.39, 0.29) is 35.5 Å². The van der Waals surface area contributed by atoms with Crippen LogP contribution in [0.3, 0.4) is 0 Å². The average molecular weight is 462 g/mol. The lowest BCUT2D eigenvalue weighted by Gasteiger charge is -2.64. The molecule has 6 nitrogen and oxygen atoms in total. The van der Waals surface area contributed by atoms with Crippen LogP contribution in [0.5, 0.6) is 0 Å². The van der Waals surface area contributed by atoms with E-state index in [9.17, 15) is 18.4 Å². The molecule has 1 saturated heterocycles. The molecule has 1 heterocycles. The van der Waals surface area contributed by atoms with Gasteiger partial charge in [0.05, 0.1) is 29.8 Å². The number of hydrogen-bond acceptors (Lipinski definition) is 4. The quantitative estimate of drug-likeness (QED) is 0.609. The normalized spacial score (nSPS) is 30.4. The molecular weight excluding hydrogens is 429 g/mol. The fourth-order valence-corrected chi connectivity index (χ4v) is 6.01. The molecule has 2 N–H and O–H groups in total. The molecule has 2 bridgehead atoms. The van der Waals surface area contributed by atoms with Crippen LogP contribution < -0.4 is 10.6 Å². The van der Waals surface area contributed by atoms with Gasteiger partial charge < -0.3 is 19.9 Å². The number of benzene rings is 1. The monoisotopic (exact) mass is 462 g/mol. The molecule has 3 aliphatic carbocycles. The number of halogens is 2. The van der Waals surface area contributed by atoms with E-state index in [4.69, 9.17) is 9.31 Å². The van der Waals surface area contributed by atoms with E-state index < -0.39 is 36.1 Å². The maximum Gasteiger partial charge on any atom is 0.481 e. The highest BCUT2D eigenvalue weighted by molar-refractivity contribution is 6.47. The molecule has 0 unspecified atom stereocenters. The lowest BCUT2D eigenvalue weighted by atomic mass is 9.43. The van der Waals surface area contributed by atoms with Gasteiger partial charge in [0.1, 0.15) is 0 Å². The Bertz CT molecular complexity index is 943. The van der Waals surface area contributed by atoms with Crippen molar-refractivity contribution in [3.8, 4) is 0 Å². The first kappa shape index (κ1) is 24.1. The Balaban J connectivity index is 1.39. The summed E-state index contributed by atoms with van der Waals surface area (Å²) in [6.07, 6.45) is 2.73. The summed E-state index contributed by atoms with van der Waals surface area (Å²) in [4.78, 5) is 24.9. The molecule has 9 heteroatoms. The molecule has 3 saturated carbocycles. The van der Waals surface area contributed by atoms with E-state index in [2.05, 4.69) is 45.3 Å². The lowest BCUT2D eigenvalue weighted by Crippen LogP contribution is -2.65. The molecule has 1 aromatic carbocycles. The standard InChI is InChI=1S/C24H33BF2N2O4/c1-13(2)9-19(25-32-18-11-14-10-17(23(14,3)4)24(18,5)33-25)29-20(30)12-28-22(31)15-7-6-8-16(26)21(15)27/h6-8,13-14,17-19H,9-12H2,1-5H3,(H,28,31)(H,29,30)/t14-,17-,18+,19-,24-/m0/s1. The third-order valence-corrected chi connectivity index (χ3v) is 7.97. The predicted molar refractivity (Wildman–Crippen MR) is 120 cm³/mol. The zero-order chi connectivity index (χ0) is 24.1. The molecular formula is C24H33BF2N2O4. The molecule has 4 fully saturated rings. The van der Waals surface area contributed by atoms with E-state index in [1.165, 1.54) is 12.1 Å². The minimum Gasteiger partial charge on any atom is -0.404 e. The molecule has 5 atom stereocenters. The third-order valence-electron chi connectivity index (χ3n) is 7.97. The summed E-state index contributed by atoms with van der Waals surface area (Å²) in [7, 11) is -0.571. The second kappa shape index (κ2) is 8.66. The summed E-state index contributed by atoms with van der Waals surface area (Å²) >= 11 is 0. The maximum atomic E-state index is 13.8. The smallest absolute Gasteiger partial charge is 0.404 e. The van der Waals surface area contributed by atoms with Crippen molar-refractivity contribution in [2.45, 2.75) is 71.5 Å². The van der Waals surface area contributed by atoms with Crippen LogP contribution in [0, 0.1) is 34.8 Å². The van der Waals surface area contributed by atoms with Crippen LogP contribution in [-0.4, -0.2) is 43.1 Å². The summed E-state index contributed by atoms with van der Waals surface area (Å²) in [6.45, 7) is 10.5. The molecule has 1 aromatic rings. The third kappa shape index (κ3) is 4.30. The molecule has 0 radical (unpaired) electrons. The summed E-state index contributed by atoms with van der Waals surface area (Å²) in [5.41, 5.74) is -0.606. The number of rotatable bonds is 7. The lowest BCUT2D eigenvalue weighted by molar-refractivity contribution is -0.199. The first-order valence-corrected chi connectivity index (χ1v) is 11.8. The van der Waals surface area contributed by atoms with Gasteiger partial charge in [0.2, 0.25) is 5.91 Å². The second-order valence-corrected chi connectivity index (χ2v) is 10.9. The van der Waals surface area contributed by atoms with Gasteiger partial charge in [-0.2, -0.15) is 0 Å². The first-order chi connectivity index (χ1) is 15.4. The zero-order valence-electron chi connectivity index (χ0n) is 19.9. The van der Waals surface area contributed by atoms with Crippen molar-refractivity contribution in [3.05, 3.63) is 35.4 Å². The predicted octanol–water partition coefficient (Wildman–Crippen LogP) is 3.49. The SMILES string of the molecule is CC(C)C[C@H](NC(=O)CNC(=O)c1cccc(F)c1F)B1O[C@@H]2C[C@@H]3C[C@@H](C3(C)C)[C@]2(C)O1. The number of hydrogen-bond donors (Lipinski definition) is 2. The van der Waals surface area contributed by atoms with Gasteiger partial charge in [-0.1, -0.05) is 33.8 Å². The van der Waals surface area contributed by atoms with Crippen LogP contribution in [0.1, 0.15) is 64.2 Å². The zero-order valence-corrected chi connectivity index (χ0v) is 19.9. The molecule has 180 valence electrons. The van der Waals surface area contributed by atoms with E-state index in [1.807, 2.05) is 0 Å². The van der Waals surface area contributed by atoms with Gasteiger partial charge in [0.25, 0.3) is 5.91 Å². The van der Waals surface area contributed by atoms with Crippen molar-refractivity contribution < 1.29 is 27.7 Å². The van der Waals surface area contributed by atoms with Crippen molar-refractivity contribution in [2.24, 2.45) is 23.2 Å². The van der Waals surface area contributed by atoms with Crippen LogP contribution in [0.15, 0.2) is 18.2 Å². The number of nitrogens with one attached hydrogen (secondary N) is 2. The van der Waals surface area contributed by atoms with Gasteiger partial charge in [-0.3, -0.25) is 9.59 Å². The Morgan fingerprint density at radius 1 is 1.21 bits per heavy atom. The van der Waals surface area contributed by atoms with Crippen molar-refractivity contribution in [3.63, 3.8) is 0 Å². The Morgan fingerprint density at radius 3 is 2.61 bits per heavy atom. The van der Waals surface area contributed by atoms with E-state index >= 15 is 0 Å². The van der Waals surface area contributed by atoms with Gasteiger partial charge in [-0.15, -0.1) is 0 Å².